The second kappa shape index (κ2) is 7.80. The molecule has 1 amide bonds. The van der Waals surface area contributed by atoms with Crippen LogP contribution >= 0.6 is 0 Å². The summed E-state index contributed by atoms with van der Waals surface area (Å²) in [4.78, 5) is 18.3. The Morgan fingerprint density at radius 1 is 1.35 bits per heavy atom. The summed E-state index contributed by atoms with van der Waals surface area (Å²) >= 11 is 0. The Morgan fingerprint density at radius 3 is 2.87 bits per heavy atom. The number of hydrogen-bond donors (Lipinski definition) is 1. The largest absolute Gasteiger partial charge is 0.495 e. The van der Waals surface area contributed by atoms with Crippen LogP contribution in [0.4, 0.5) is 11.5 Å². The number of amides is 1. The highest BCUT2D eigenvalue weighted by atomic mass is 16.5. The SMILES string of the molecule is COc1ccccc1Nc1ncccc1C(=O)N(C)CCC#N. The summed E-state index contributed by atoms with van der Waals surface area (Å²) < 4.78 is 5.30. The maximum atomic E-state index is 12.5. The van der Waals surface area contributed by atoms with Gasteiger partial charge in [-0.1, -0.05) is 12.1 Å². The number of carbonyl (C=O) groups is 1. The van der Waals surface area contributed by atoms with Gasteiger partial charge in [0.05, 0.1) is 30.9 Å². The molecule has 2 aromatic rings. The molecule has 0 saturated carbocycles. The maximum Gasteiger partial charge on any atom is 0.257 e. The Labute approximate surface area is 135 Å². The number of ether oxygens (including phenoxy) is 1. The summed E-state index contributed by atoms with van der Waals surface area (Å²) in [5.74, 6) is 0.922. The van der Waals surface area contributed by atoms with Gasteiger partial charge in [-0.05, 0) is 24.3 Å². The molecule has 0 aliphatic carbocycles. The van der Waals surface area contributed by atoms with Crippen molar-refractivity contribution >= 4 is 17.4 Å². The zero-order valence-electron chi connectivity index (χ0n) is 13.1. The molecule has 1 heterocycles. The van der Waals surface area contributed by atoms with Crippen molar-refractivity contribution in [3.05, 3.63) is 48.2 Å². The Balaban J connectivity index is 2.27. The third kappa shape index (κ3) is 3.98. The lowest BCUT2D eigenvalue weighted by atomic mass is 10.2. The molecule has 1 aromatic heterocycles. The first-order valence-electron chi connectivity index (χ1n) is 7.15. The van der Waals surface area contributed by atoms with Crippen LogP contribution in [0.1, 0.15) is 16.8 Å². The smallest absolute Gasteiger partial charge is 0.257 e. The molecule has 0 spiro atoms. The highest BCUT2D eigenvalue weighted by Crippen LogP contribution is 2.27. The van der Waals surface area contributed by atoms with Gasteiger partial charge in [-0.25, -0.2) is 4.98 Å². The van der Waals surface area contributed by atoms with E-state index in [4.69, 9.17) is 10.00 Å². The molecular formula is C17H18N4O2. The summed E-state index contributed by atoms with van der Waals surface area (Å²) in [7, 11) is 3.25. The summed E-state index contributed by atoms with van der Waals surface area (Å²) in [5.41, 5.74) is 1.17. The van der Waals surface area contributed by atoms with E-state index in [2.05, 4.69) is 10.3 Å². The lowest BCUT2D eigenvalue weighted by Gasteiger charge is -2.18. The summed E-state index contributed by atoms with van der Waals surface area (Å²) in [5, 5.41) is 11.8. The molecule has 0 aliphatic rings. The topological polar surface area (TPSA) is 78.2 Å². The predicted octanol–water partition coefficient (Wildman–Crippen LogP) is 2.82. The molecule has 0 saturated heterocycles. The van der Waals surface area contributed by atoms with Crippen LogP contribution in [0.25, 0.3) is 0 Å². The number of rotatable bonds is 6. The molecule has 1 aromatic carbocycles. The number of nitriles is 1. The molecule has 6 heteroatoms. The number of nitrogens with zero attached hydrogens (tertiary/aromatic N) is 3. The first-order chi connectivity index (χ1) is 11.2. The molecule has 6 nitrogen and oxygen atoms in total. The van der Waals surface area contributed by atoms with Gasteiger partial charge in [0.15, 0.2) is 0 Å². The van der Waals surface area contributed by atoms with E-state index in [0.29, 0.717) is 23.7 Å². The van der Waals surface area contributed by atoms with Crippen LogP contribution in [0.5, 0.6) is 5.75 Å². The van der Waals surface area contributed by atoms with Crippen LogP contribution in [0.2, 0.25) is 0 Å². The molecule has 0 bridgehead atoms. The van der Waals surface area contributed by atoms with E-state index in [0.717, 1.165) is 5.69 Å². The van der Waals surface area contributed by atoms with Crippen molar-refractivity contribution < 1.29 is 9.53 Å². The van der Waals surface area contributed by atoms with Crippen molar-refractivity contribution in [2.75, 3.05) is 26.0 Å². The van der Waals surface area contributed by atoms with Crippen molar-refractivity contribution in [1.82, 2.24) is 9.88 Å². The van der Waals surface area contributed by atoms with E-state index in [9.17, 15) is 4.79 Å². The zero-order chi connectivity index (χ0) is 16.7. The van der Waals surface area contributed by atoms with Crippen molar-refractivity contribution in [3.63, 3.8) is 0 Å². The maximum absolute atomic E-state index is 12.5. The minimum atomic E-state index is -0.189. The summed E-state index contributed by atoms with van der Waals surface area (Å²) in [6.45, 7) is 0.373. The molecule has 0 unspecified atom stereocenters. The second-order valence-electron chi connectivity index (χ2n) is 4.86. The zero-order valence-corrected chi connectivity index (χ0v) is 13.1. The number of pyridine rings is 1. The van der Waals surface area contributed by atoms with Gasteiger partial charge in [-0.15, -0.1) is 0 Å². The van der Waals surface area contributed by atoms with Crippen LogP contribution in [0.3, 0.4) is 0 Å². The minimum absolute atomic E-state index is 0.189. The fourth-order valence-electron chi connectivity index (χ4n) is 2.08. The van der Waals surface area contributed by atoms with E-state index in [1.54, 1.807) is 32.5 Å². The number of carbonyl (C=O) groups excluding carboxylic acids is 1. The van der Waals surface area contributed by atoms with Crippen LogP contribution in [0.15, 0.2) is 42.6 Å². The normalized spacial score (nSPS) is 9.78. The summed E-state index contributed by atoms with van der Waals surface area (Å²) in [6.07, 6.45) is 1.90. The molecule has 0 aliphatic heterocycles. The van der Waals surface area contributed by atoms with E-state index in [1.165, 1.54) is 4.90 Å². The Morgan fingerprint density at radius 2 is 2.13 bits per heavy atom. The highest BCUT2D eigenvalue weighted by Gasteiger charge is 2.17. The van der Waals surface area contributed by atoms with Gasteiger partial charge in [-0.2, -0.15) is 5.26 Å². The number of para-hydroxylation sites is 2. The molecular weight excluding hydrogens is 292 g/mol. The van der Waals surface area contributed by atoms with E-state index < -0.39 is 0 Å². The molecule has 1 N–H and O–H groups in total. The van der Waals surface area contributed by atoms with Gasteiger partial charge in [0.1, 0.15) is 11.6 Å². The standard InChI is InChI=1S/C17H18N4O2/c1-21(12-6-10-18)17(22)13-7-5-11-19-16(13)20-14-8-3-4-9-15(14)23-2/h3-5,7-9,11H,6,12H2,1-2H3,(H,19,20). The Bertz CT molecular complexity index is 725. The lowest BCUT2D eigenvalue weighted by Crippen LogP contribution is -2.28. The van der Waals surface area contributed by atoms with Crippen molar-refractivity contribution in [1.29, 1.82) is 5.26 Å². The molecule has 0 atom stereocenters. The molecule has 23 heavy (non-hydrogen) atoms. The molecule has 0 radical (unpaired) electrons. The van der Waals surface area contributed by atoms with Crippen molar-refractivity contribution in [2.45, 2.75) is 6.42 Å². The third-order valence-corrected chi connectivity index (χ3v) is 3.30. The monoisotopic (exact) mass is 310 g/mol. The summed E-state index contributed by atoms with van der Waals surface area (Å²) in [6, 6.07) is 12.9. The first kappa shape index (κ1) is 16.3. The predicted molar refractivity (Wildman–Crippen MR) is 87.7 cm³/mol. The quantitative estimate of drug-likeness (QED) is 0.887. The Hall–Kier alpha value is -3.07. The third-order valence-electron chi connectivity index (χ3n) is 3.30. The fraction of sp³-hybridized carbons (Fsp3) is 0.235. The average Bonchev–Trinajstić information content (AvgIpc) is 2.60. The average molecular weight is 310 g/mol. The second-order valence-corrected chi connectivity index (χ2v) is 4.86. The number of nitrogens with one attached hydrogen (secondary N) is 1. The van der Waals surface area contributed by atoms with Crippen molar-refractivity contribution in [2.24, 2.45) is 0 Å². The van der Waals surface area contributed by atoms with Gasteiger partial charge in [0, 0.05) is 19.8 Å². The number of anilines is 2. The fourth-order valence-corrected chi connectivity index (χ4v) is 2.08. The van der Waals surface area contributed by atoms with Gasteiger partial charge in [0.25, 0.3) is 5.91 Å². The molecule has 2 rings (SSSR count). The van der Waals surface area contributed by atoms with Gasteiger partial charge in [-0.3, -0.25) is 4.79 Å². The van der Waals surface area contributed by atoms with Crippen molar-refractivity contribution in [3.8, 4) is 11.8 Å². The van der Waals surface area contributed by atoms with Crippen LogP contribution in [-0.2, 0) is 0 Å². The first-order valence-corrected chi connectivity index (χ1v) is 7.15. The van der Waals surface area contributed by atoms with Gasteiger partial charge in [0.2, 0.25) is 0 Å². The van der Waals surface area contributed by atoms with Crippen LogP contribution in [-0.4, -0.2) is 36.5 Å². The number of methoxy groups -OCH3 is 1. The number of benzene rings is 1. The molecule has 0 fully saturated rings. The number of aromatic nitrogens is 1. The minimum Gasteiger partial charge on any atom is -0.495 e. The highest BCUT2D eigenvalue weighted by molar-refractivity contribution is 5.99. The Kier molecular flexibility index (Phi) is 5.53. The van der Waals surface area contributed by atoms with E-state index in [-0.39, 0.29) is 12.3 Å². The van der Waals surface area contributed by atoms with E-state index in [1.807, 2.05) is 30.3 Å². The van der Waals surface area contributed by atoms with Gasteiger partial charge < -0.3 is 15.0 Å². The number of hydrogen-bond acceptors (Lipinski definition) is 5. The van der Waals surface area contributed by atoms with Gasteiger partial charge >= 0.3 is 0 Å². The lowest BCUT2D eigenvalue weighted by molar-refractivity contribution is 0.0798. The van der Waals surface area contributed by atoms with Crippen LogP contribution in [0, 0.1) is 11.3 Å². The van der Waals surface area contributed by atoms with Crippen LogP contribution < -0.4 is 10.1 Å². The molecule has 118 valence electrons. The van der Waals surface area contributed by atoms with E-state index >= 15 is 0 Å².